The van der Waals surface area contributed by atoms with Gasteiger partial charge in [-0.3, -0.25) is 9.59 Å². The topological polar surface area (TPSA) is 62.4 Å². The predicted octanol–water partition coefficient (Wildman–Crippen LogP) is 1.71. The minimum absolute atomic E-state index is 0.0333. The van der Waals surface area contributed by atoms with Crippen LogP contribution in [0.2, 0.25) is 0 Å². The molecule has 1 aliphatic rings. The Balaban J connectivity index is 1.88. The molecule has 0 aliphatic carbocycles. The minimum Gasteiger partial charge on any atom is -0.377 e. The maximum Gasteiger partial charge on any atom is 0.252 e. The number of nitrogens with one attached hydrogen (secondary N) is 1. The summed E-state index contributed by atoms with van der Waals surface area (Å²) in [5, 5.41) is 0.936. The van der Waals surface area contributed by atoms with E-state index in [1.54, 1.807) is 6.07 Å². The van der Waals surface area contributed by atoms with Gasteiger partial charge in [-0.25, -0.2) is 0 Å². The smallest absolute Gasteiger partial charge is 0.252 e. The van der Waals surface area contributed by atoms with Crippen molar-refractivity contribution in [2.24, 2.45) is 0 Å². The van der Waals surface area contributed by atoms with E-state index < -0.39 is 0 Å². The molecule has 0 bridgehead atoms. The second-order valence-electron chi connectivity index (χ2n) is 6.30. The number of nitrogens with zero attached hydrogens (tertiary/aromatic N) is 1. The molecule has 22 heavy (non-hydrogen) atoms. The molecule has 1 fully saturated rings. The molecule has 2 heterocycles. The molecular weight excluding hydrogens is 280 g/mol. The summed E-state index contributed by atoms with van der Waals surface area (Å²) in [6.07, 6.45) is 0.115. The molecule has 5 nitrogen and oxygen atoms in total. The molecule has 1 aromatic heterocycles. The van der Waals surface area contributed by atoms with E-state index in [0.29, 0.717) is 25.3 Å². The van der Waals surface area contributed by atoms with Crippen LogP contribution in [0.1, 0.15) is 19.4 Å². The molecule has 1 aliphatic heterocycles. The van der Waals surface area contributed by atoms with Gasteiger partial charge in [-0.2, -0.15) is 0 Å². The molecule has 0 radical (unpaired) electrons. The first-order valence-corrected chi connectivity index (χ1v) is 7.46. The molecule has 1 saturated heterocycles. The molecule has 3 rings (SSSR count). The number of fused-ring (bicyclic) bond motifs is 1. The second kappa shape index (κ2) is 5.57. The highest BCUT2D eigenvalue weighted by Crippen LogP contribution is 2.20. The fraction of sp³-hybridized carbons (Fsp3) is 0.412. The SMILES string of the molecule is CC1(C)COCCN1C(=O)Cc1cc2ccccc2[nH]c1=O. The van der Waals surface area contributed by atoms with Crippen molar-refractivity contribution >= 4 is 16.8 Å². The van der Waals surface area contributed by atoms with Crippen molar-refractivity contribution in [3.8, 4) is 0 Å². The van der Waals surface area contributed by atoms with Gasteiger partial charge in [-0.1, -0.05) is 18.2 Å². The number of H-pyrrole nitrogens is 1. The Bertz CT molecular complexity index is 764. The summed E-state index contributed by atoms with van der Waals surface area (Å²) in [6.45, 7) is 5.59. The van der Waals surface area contributed by atoms with Crippen molar-refractivity contribution in [1.29, 1.82) is 0 Å². The zero-order chi connectivity index (χ0) is 15.7. The van der Waals surface area contributed by atoms with Crippen LogP contribution in [0.5, 0.6) is 0 Å². The van der Waals surface area contributed by atoms with Gasteiger partial charge < -0.3 is 14.6 Å². The van der Waals surface area contributed by atoms with E-state index in [4.69, 9.17) is 4.74 Å². The van der Waals surface area contributed by atoms with Gasteiger partial charge in [0, 0.05) is 17.6 Å². The number of pyridine rings is 1. The number of carbonyl (C=O) groups is 1. The molecule has 0 atom stereocenters. The monoisotopic (exact) mass is 300 g/mol. The number of hydrogen-bond donors (Lipinski definition) is 1. The molecule has 2 aromatic rings. The van der Waals surface area contributed by atoms with Crippen LogP contribution in [0.15, 0.2) is 35.1 Å². The van der Waals surface area contributed by atoms with Crippen molar-refractivity contribution in [3.05, 3.63) is 46.2 Å². The van der Waals surface area contributed by atoms with E-state index in [1.165, 1.54) is 0 Å². The van der Waals surface area contributed by atoms with Gasteiger partial charge in [0.1, 0.15) is 0 Å². The van der Waals surface area contributed by atoms with E-state index in [-0.39, 0.29) is 23.4 Å². The third-order valence-electron chi connectivity index (χ3n) is 4.12. The number of carbonyl (C=O) groups excluding carboxylic acids is 1. The molecule has 0 spiro atoms. The molecule has 0 saturated carbocycles. The lowest BCUT2D eigenvalue weighted by Crippen LogP contribution is -2.56. The van der Waals surface area contributed by atoms with Gasteiger partial charge in [0.2, 0.25) is 5.91 Å². The lowest BCUT2D eigenvalue weighted by atomic mass is 10.0. The van der Waals surface area contributed by atoms with Crippen LogP contribution in [-0.4, -0.2) is 41.1 Å². The number of hydrogen-bond acceptors (Lipinski definition) is 3. The number of para-hydroxylation sites is 1. The van der Waals surface area contributed by atoms with E-state index in [9.17, 15) is 9.59 Å². The van der Waals surface area contributed by atoms with Gasteiger partial charge in [-0.05, 0) is 31.4 Å². The lowest BCUT2D eigenvalue weighted by Gasteiger charge is -2.42. The fourth-order valence-electron chi connectivity index (χ4n) is 2.90. The maximum absolute atomic E-state index is 12.6. The highest BCUT2D eigenvalue weighted by atomic mass is 16.5. The maximum atomic E-state index is 12.6. The van der Waals surface area contributed by atoms with Gasteiger partial charge in [-0.15, -0.1) is 0 Å². The molecule has 1 aromatic carbocycles. The molecular formula is C17H20N2O3. The Kier molecular flexibility index (Phi) is 3.74. The van der Waals surface area contributed by atoms with Crippen LogP contribution in [0.4, 0.5) is 0 Å². The zero-order valence-corrected chi connectivity index (χ0v) is 12.9. The molecule has 116 valence electrons. The van der Waals surface area contributed by atoms with Crippen LogP contribution in [-0.2, 0) is 16.0 Å². The number of aromatic amines is 1. The quantitative estimate of drug-likeness (QED) is 0.918. The first-order chi connectivity index (χ1) is 10.5. The summed E-state index contributed by atoms with van der Waals surface area (Å²) in [6, 6.07) is 9.38. The summed E-state index contributed by atoms with van der Waals surface area (Å²) in [4.78, 5) is 29.4. The molecule has 5 heteroatoms. The number of amides is 1. The van der Waals surface area contributed by atoms with Crippen LogP contribution >= 0.6 is 0 Å². The first-order valence-electron chi connectivity index (χ1n) is 7.46. The normalized spacial score (nSPS) is 17.6. The zero-order valence-electron chi connectivity index (χ0n) is 12.9. The van der Waals surface area contributed by atoms with E-state index in [1.807, 2.05) is 43.0 Å². The summed E-state index contributed by atoms with van der Waals surface area (Å²) >= 11 is 0. The standard InChI is InChI=1S/C17H20N2O3/c1-17(2)11-22-8-7-19(17)15(20)10-13-9-12-5-3-4-6-14(12)18-16(13)21/h3-6,9H,7-8,10-11H2,1-2H3,(H,18,21). The van der Waals surface area contributed by atoms with Gasteiger partial charge >= 0.3 is 0 Å². The van der Waals surface area contributed by atoms with E-state index in [0.717, 1.165) is 10.9 Å². The number of benzene rings is 1. The number of ether oxygens (including phenoxy) is 1. The van der Waals surface area contributed by atoms with E-state index in [2.05, 4.69) is 4.98 Å². The van der Waals surface area contributed by atoms with Gasteiger partial charge in [0.05, 0.1) is 25.2 Å². The average molecular weight is 300 g/mol. The highest BCUT2D eigenvalue weighted by molar-refractivity contribution is 5.83. The van der Waals surface area contributed by atoms with Gasteiger partial charge in [0.15, 0.2) is 0 Å². The largest absolute Gasteiger partial charge is 0.377 e. The molecule has 1 N–H and O–H groups in total. The van der Waals surface area contributed by atoms with Crippen molar-refractivity contribution in [2.45, 2.75) is 25.8 Å². The Labute approximate surface area is 128 Å². The fourth-order valence-corrected chi connectivity index (χ4v) is 2.90. The van der Waals surface area contributed by atoms with Crippen molar-refractivity contribution in [3.63, 3.8) is 0 Å². The Hall–Kier alpha value is -2.14. The second-order valence-corrected chi connectivity index (χ2v) is 6.30. The van der Waals surface area contributed by atoms with Crippen LogP contribution in [0.3, 0.4) is 0 Å². The Morgan fingerprint density at radius 1 is 1.36 bits per heavy atom. The summed E-state index contributed by atoms with van der Waals surface area (Å²) in [5.74, 6) is -0.0333. The van der Waals surface area contributed by atoms with Crippen LogP contribution < -0.4 is 5.56 Å². The third-order valence-corrected chi connectivity index (χ3v) is 4.12. The number of aromatic nitrogens is 1. The summed E-state index contributed by atoms with van der Waals surface area (Å²) in [7, 11) is 0. The highest BCUT2D eigenvalue weighted by Gasteiger charge is 2.34. The van der Waals surface area contributed by atoms with E-state index >= 15 is 0 Å². The number of rotatable bonds is 2. The number of morpholine rings is 1. The third kappa shape index (κ3) is 2.76. The molecule has 0 unspecified atom stereocenters. The molecule has 1 amide bonds. The van der Waals surface area contributed by atoms with Gasteiger partial charge in [0.25, 0.3) is 5.56 Å². The van der Waals surface area contributed by atoms with Crippen LogP contribution in [0.25, 0.3) is 10.9 Å². The van der Waals surface area contributed by atoms with Crippen LogP contribution in [0, 0.1) is 0 Å². The van der Waals surface area contributed by atoms with Crippen molar-refractivity contribution in [1.82, 2.24) is 9.88 Å². The van der Waals surface area contributed by atoms with Crippen molar-refractivity contribution < 1.29 is 9.53 Å². The predicted molar refractivity (Wildman–Crippen MR) is 84.9 cm³/mol. The summed E-state index contributed by atoms with van der Waals surface area (Å²) < 4.78 is 5.43. The summed E-state index contributed by atoms with van der Waals surface area (Å²) in [5.41, 5.74) is 0.762. The Morgan fingerprint density at radius 3 is 2.91 bits per heavy atom. The lowest BCUT2D eigenvalue weighted by molar-refractivity contribution is -0.145. The minimum atomic E-state index is -0.334. The first kappa shape index (κ1) is 14.8. The average Bonchev–Trinajstić information content (AvgIpc) is 2.47. The van der Waals surface area contributed by atoms with Crippen molar-refractivity contribution in [2.75, 3.05) is 19.8 Å². The Morgan fingerprint density at radius 2 is 2.14 bits per heavy atom.